The van der Waals surface area contributed by atoms with E-state index in [-0.39, 0.29) is 17.9 Å². The second kappa shape index (κ2) is 10.2. The molecule has 0 saturated carbocycles. The zero-order valence-corrected chi connectivity index (χ0v) is 19.2. The van der Waals surface area contributed by atoms with Crippen molar-refractivity contribution in [2.24, 2.45) is 0 Å². The van der Waals surface area contributed by atoms with Crippen LogP contribution in [0.2, 0.25) is 0 Å². The molecule has 2 aromatic carbocycles. The zero-order chi connectivity index (χ0) is 23.2. The first-order valence-corrected chi connectivity index (χ1v) is 11.1. The Hall–Kier alpha value is -3.80. The molecule has 6 nitrogen and oxygen atoms in total. The molecule has 4 aromatic rings. The van der Waals surface area contributed by atoms with Crippen LogP contribution < -0.4 is 14.8 Å². The van der Waals surface area contributed by atoms with Crippen molar-refractivity contribution in [3.63, 3.8) is 0 Å². The molecule has 1 amide bonds. The quantitative estimate of drug-likeness (QED) is 0.397. The number of methoxy groups -OCH3 is 1. The van der Waals surface area contributed by atoms with Crippen molar-refractivity contribution in [1.29, 1.82) is 0 Å². The molecule has 0 bridgehead atoms. The van der Waals surface area contributed by atoms with Crippen LogP contribution in [-0.2, 0) is 11.4 Å². The van der Waals surface area contributed by atoms with Crippen molar-refractivity contribution >= 4 is 11.6 Å². The van der Waals surface area contributed by atoms with Crippen LogP contribution in [0, 0.1) is 0 Å². The largest absolute Gasteiger partial charge is 0.497 e. The summed E-state index contributed by atoms with van der Waals surface area (Å²) in [5.74, 6) is 1.24. The summed E-state index contributed by atoms with van der Waals surface area (Å²) in [5.41, 5.74) is 3.72. The summed E-state index contributed by atoms with van der Waals surface area (Å²) in [7, 11) is 1.64. The number of aromatic nitrogens is 2. The summed E-state index contributed by atoms with van der Waals surface area (Å²) in [6.07, 6.45) is 4.09. The van der Waals surface area contributed by atoms with E-state index in [1.165, 1.54) is 0 Å². The number of hydrogen-bond acceptors (Lipinski definition) is 4. The number of nitrogens with zero attached hydrogens (tertiary/aromatic N) is 2. The second-order valence-electron chi connectivity index (χ2n) is 8.28. The van der Waals surface area contributed by atoms with Gasteiger partial charge < -0.3 is 19.2 Å². The molecule has 0 radical (unpaired) electrons. The van der Waals surface area contributed by atoms with E-state index in [0.717, 1.165) is 28.2 Å². The summed E-state index contributed by atoms with van der Waals surface area (Å²) in [5, 5.41) is 3.01. The summed E-state index contributed by atoms with van der Waals surface area (Å²) in [6.45, 7) is 4.38. The number of hydrogen-bond donors (Lipinski definition) is 1. The van der Waals surface area contributed by atoms with Crippen molar-refractivity contribution < 1.29 is 14.3 Å². The van der Waals surface area contributed by atoms with E-state index in [9.17, 15) is 4.79 Å². The first kappa shape index (κ1) is 22.4. The molecular weight excluding hydrogens is 414 g/mol. The maximum absolute atomic E-state index is 12.8. The molecule has 2 heterocycles. The summed E-state index contributed by atoms with van der Waals surface area (Å²) in [4.78, 5) is 17.4. The summed E-state index contributed by atoms with van der Waals surface area (Å²) >= 11 is 0. The Balaban J connectivity index is 1.69. The molecular formula is C27H29N3O3. The predicted octanol–water partition coefficient (Wildman–Crippen LogP) is 4.97. The van der Waals surface area contributed by atoms with Gasteiger partial charge in [-0.2, -0.15) is 0 Å². The lowest BCUT2D eigenvalue weighted by atomic mass is 9.92. The number of rotatable bonds is 9. The SMILES string of the molecule is COc1cccc(C(CC(=O)NC(C)C)c2cnc3c(OCc4ccccc4)cccn23)c1. The topological polar surface area (TPSA) is 64.9 Å². The number of amides is 1. The number of imidazole rings is 1. The highest BCUT2D eigenvalue weighted by Crippen LogP contribution is 2.32. The van der Waals surface area contributed by atoms with Crippen LogP contribution in [0.4, 0.5) is 0 Å². The Morgan fingerprint density at radius 3 is 2.64 bits per heavy atom. The van der Waals surface area contributed by atoms with Crippen molar-refractivity contribution in [3.8, 4) is 11.5 Å². The number of nitrogens with one attached hydrogen (secondary N) is 1. The van der Waals surface area contributed by atoms with Crippen LogP contribution in [0.5, 0.6) is 11.5 Å². The van der Waals surface area contributed by atoms with Gasteiger partial charge in [0.25, 0.3) is 0 Å². The van der Waals surface area contributed by atoms with Gasteiger partial charge in [0, 0.05) is 30.8 Å². The van der Waals surface area contributed by atoms with Crippen molar-refractivity contribution in [3.05, 3.63) is 95.9 Å². The Morgan fingerprint density at radius 2 is 1.88 bits per heavy atom. The average molecular weight is 444 g/mol. The van der Waals surface area contributed by atoms with E-state index in [4.69, 9.17) is 9.47 Å². The van der Waals surface area contributed by atoms with Gasteiger partial charge in [-0.15, -0.1) is 0 Å². The molecule has 6 heteroatoms. The molecule has 0 spiro atoms. The third-order valence-corrected chi connectivity index (χ3v) is 5.46. The number of carbonyl (C=O) groups is 1. The van der Waals surface area contributed by atoms with Crippen LogP contribution in [0.3, 0.4) is 0 Å². The highest BCUT2D eigenvalue weighted by atomic mass is 16.5. The van der Waals surface area contributed by atoms with Crippen molar-refractivity contribution in [2.45, 2.75) is 38.8 Å². The fourth-order valence-electron chi connectivity index (χ4n) is 3.93. The highest BCUT2D eigenvalue weighted by molar-refractivity contribution is 5.78. The van der Waals surface area contributed by atoms with Crippen molar-refractivity contribution in [2.75, 3.05) is 7.11 Å². The molecule has 0 aliphatic heterocycles. The van der Waals surface area contributed by atoms with Crippen LogP contribution >= 0.6 is 0 Å². The third-order valence-electron chi connectivity index (χ3n) is 5.46. The molecule has 0 aliphatic rings. The second-order valence-corrected chi connectivity index (χ2v) is 8.28. The molecule has 1 N–H and O–H groups in total. The summed E-state index contributed by atoms with van der Waals surface area (Å²) < 4.78 is 13.5. The number of fused-ring (bicyclic) bond motifs is 1. The van der Waals surface area contributed by atoms with Gasteiger partial charge >= 0.3 is 0 Å². The predicted molar refractivity (Wildman–Crippen MR) is 129 cm³/mol. The van der Waals surface area contributed by atoms with Gasteiger partial charge in [0.1, 0.15) is 12.4 Å². The van der Waals surface area contributed by atoms with Gasteiger partial charge in [-0.05, 0) is 49.2 Å². The van der Waals surface area contributed by atoms with Crippen LogP contribution in [0.15, 0.2) is 79.1 Å². The first-order valence-electron chi connectivity index (χ1n) is 11.1. The Bertz CT molecular complexity index is 1220. The average Bonchev–Trinajstić information content (AvgIpc) is 3.26. The van der Waals surface area contributed by atoms with E-state index in [0.29, 0.717) is 18.8 Å². The summed E-state index contributed by atoms with van der Waals surface area (Å²) in [6, 6.07) is 21.8. The maximum Gasteiger partial charge on any atom is 0.221 e. The molecule has 4 rings (SSSR count). The Labute approximate surface area is 194 Å². The smallest absolute Gasteiger partial charge is 0.221 e. The lowest BCUT2D eigenvalue weighted by Crippen LogP contribution is -2.31. The number of pyridine rings is 1. The standard InChI is InChI=1S/C27H29N3O3/c1-19(2)29-26(31)16-23(21-11-7-12-22(15-21)32-3)24-17-28-27-25(13-8-14-30(24)27)33-18-20-9-5-4-6-10-20/h4-15,17,19,23H,16,18H2,1-3H3,(H,29,31). The Morgan fingerprint density at radius 1 is 1.06 bits per heavy atom. The van der Waals surface area contributed by atoms with Crippen LogP contribution in [0.1, 0.15) is 43.0 Å². The molecule has 1 unspecified atom stereocenters. The first-order chi connectivity index (χ1) is 16.0. The van der Waals surface area contributed by atoms with Gasteiger partial charge in [0.05, 0.1) is 12.8 Å². The molecule has 0 fully saturated rings. The number of carbonyl (C=O) groups excluding carboxylic acids is 1. The van der Waals surface area contributed by atoms with Gasteiger partial charge in [-0.3, -0.25) is 4.79 Å². The molecule has 0 aliphatic carbocycles. The normalized spacial score (nSPS) is 12.0. The van der Waals surface area contributed by atoms with Gasteiger partial charge in [0.2, 0.25) is 5.91 Å². The minimum absolute atomic E-state index is 0.00995. The van der Waals surface area contributed by atoms with E-state index in [1.807, 2.05) is 97.4 Å². The van der Waals surface area contributed by atoms with Crippen LogP contribution in [0.25, 0.3) is 5.65 Å². The van der Waals surface area contributed by atoms with Gasteiger partial charge in [-0.25, -0.2) is 4.98 Å². The minimum Gasteiger partial charge on any atom is -0.497 e. The van der Waals surface area contributed by atoms with Crippen molar-refractivity contribution in [1.82, 2.24) is 14.7 Å². The zero-order valence-electron chi connectivity index (χ0n) is 19.2. The number of benzene rings is 2. The van der Waals surface area contributed by atoms with Gasteiger partial charge in [0.15, 0.2) is 11.4 Å². The van der Waals surface area contributed by atoms with E-state index in [2.05, 4.69) is 10.3 Å². The molecule has 170 valence electrons. The van der Waals surface area contributed by atoms with Gasteiger partial charge in [-0.1, -0.05) is 42.5 Å². The lowest BCUT2D eigenvalue weighted by Gasteiger charge is -2.19. The monoisotopic (exact) mass is 443 g/mol. The lowest BCUT2D eigenvalue weighted by molar-refractivity contribution is -0.121. The van der Waals surface area contributed by atoms with Crippen LogP contribution in [-0.4, -0.2) is 28.4 Å². The van der Waals surface area contributed by atoms with E-state index >= 15 is 0 Å². The minimum atomic E-state index is -0.196. The maximum atomic E-state index is 12.8. The molecule has 2 aromatic heterocycles. The Kier molecular flexibility index (Phi) is 6.93. The van der Waals surface area contributed by atoms with E-state index < -0.39 is 0 Å². The fourth-order valence-corrected chi connectivity index (χ4v) is 3.93. The number of ether oxygens (including phenoxy) is 2. The third kappa shape index (κ3) is 5.34. The fraction of sp³-hybridized carbons (Fsp3) is 0.259. The van der Waals surface area contributed by atoms with E-state index in [1.54, 1.807) is 7.11 Å². The molecule has 33 heavy (non-hydrogen) atoms. The molecule has 1 atom stereocenters. The molecule has 0 saturated heterocycles. The highest BCUT2D eigenvalue weighted by Gasteiger charge is 2.23.